The van der Waals surface area contributed by atoms with Crippen molar-refractivity contribution in [2.75, 3.05) is 5.32 Å². The number of hydrogen-bond acceptors (Lipinski definition) is 4. The minimum atomic E-state index is -0.280. The standard InChI is InChI=1S/C22H25N5O2S/c1-13(2)12-26-22-17(14(3)24-26)11-18(30-22)20(28)23-19-15(4)25(5)27(21(19)29)16-9-7-6-8-10-16/h6-11,13H,12H2,1-5H3,(H,23,28). The van der Waals surface area contributed by atoms with Crippen LogP contribution in [0, 0.1) is 19.8 Å². The molecule has 0 unspecified atom stereocenters. The molecule has 156 valence electrons. The number of carbonyl (C=O) groups is 1. The summed E-state index contributed by atoms with van der Waals surface area (Å²) in [5.74, 6) is 0.174. The molecule has 8 heteroatoms. The molecule has 1 aromatic carbocycles. The number of nitrogens with one attached hydrogen (secondary N) is 1. The summed E-state index contributed by atoms with van der Waals surface area (Å²) < 4.78 is 5.27. The molecular formula is C22H25N5O2S. The molecule has 1 N–H and O–H groups in total. The van der Waals surface area contributed by atoms with E-state index in [-0.39, 0.29) is 11.5 Å². The van der Waals surface area contributed by atoms with E-state index in [1.165, 1.54) is 11.3 Å². The van der Waals surface area contributed by atoms with Gasteiger partial charge in [0.2, 0.25) is 0 Å². The Balaban J connectivity index is 1.69. The molecule has 4 rings (SSSR count). The number of benzene rings is 1. The van der Waals surface area contributed by atoms with E-state index in [1.807, 2.05) is 62.0 Å². The van der Waals surface area contributed by atoms with Gasteiger partial charge in [0.05, 0.1) is 22.0 Å². The van der Waals surface area contributed by atoms with Crippen molar-refractivity contribution in [3.05, 3.63) is 63.0 Å². The molecule has 30 heavy (non-hydrogen) atoms. The number of rotatable bonds is 5. The first-order valence-corrected chi connectivity index (χ1v) is 10.7. The summed E-state index contributed by atoms with van der Waals surface area (Å²) in [6.45, 7) is 8.85. The molecule has 0 radical (unpaired) electrons. The van der Waals surface area contributed by atoms with E-state index in [0.717, 1.165) is 28.1 Å². The van der Waals surface area contributed by atoms with Crippen molar-refractivity contribution in [2.45, 2.75) is 34.2 Å². The summed E-state index contributed by atoms with van der Waals surface area (Å²) in [6, 6.07) is 11.2. The van der Waals surface area contributed by atoms with Gasteiger partial charge in [0.15, 0.2) is 0 Å². The first-order valence-electron chi connectivity index (χ1n) is 9.90. The van der Waals surface area contributed by atoms with E-state index in [9.17, 15) is 9.59 Å². The maximum Gasteiger partial charge on any atom is 0.295 e. The van der Waals surface area contributed by atoms with Gasteiger partial charge in [-0.05, 0) is 38.0 Å². The minimum absolute atomic E-state index is 0.252. The second-order valence-electron chi connectivity index (χ2n) is 7.88. The Morgan fingerprint density at radius 1 is 1.20 bits per heavy atom. The van der Waals surface area contributed by atoms with Gasteiger partial charge >= 0.3 is 0 Å². The summed E-state index contributed by atoms with van der Waals surface area (Å²) in [5.41, 5.74) is 2.39. The van der Waals surface area contributed by atoms with Gasteiger partial charge in [-0.2, -0.15) is 5.10 Å². The number of nitrogens with zero attached hydrogens (tertiary/aromatic N) is 4. The second kappa shape index (κ2) is 7.60. The molecule has 0 aliphatic carbocycles. The topological polar surface area (TPSA) is 73.8 Å². The van der Waals surface area contributed by atoms with Crippen LogP contribution in [-0.2, 0) is 13.6 Å². The fourth-order valence-electron chi connectivity index (χ4n) is 3.58. The number of aromatic nitrogens is 4. The smallest absolute Gasteiger partial charge is 0.295 e. The molecule has 0 aliphatic rings. The third kappa shape index (κ3) is 3.37. The minimum Gasteiger partial charge on any atom is -0.315 e. The zero-order chi connectivity index (χ0) is 21.6. The van der Waals surface area contributed by atoms with Gasteiger partial charge in [-0.25, -0.2) is 4.68 Å². The van der Waals surface area contributed by atoms with Crippen LogP contribution in [0.1, 0.15) is 34.9 Å². The molecule has 0 fully saturated rings. The van der Waals surface area contributed by atoms with Crippen LogP contribution in [0.5, 0.6) is 0 Å². The number of hydrogen-bond donors (Lipinski definition) is 1. The fourth-order valence-corrected chi connectivity index (χ4v) is 4.65. The monoisotopic (exact) mass is 423 g/mol. The molecule has 0 atom stereocenters. The Labute approximate surface area is 178 Å². The van der Waals surface area contributed by atoms with Gasteiger partial charge in [-0.3, -0.25) is 19.0 Å². The Kier molecular flexibility index (Phi) is 5.11. The molecular weight excluding hydrogens is 398 g/mol. The maximum absolute atomic E-state index is 13.0. The predicted octanol–water partition coefficient (Wildman–Crippen LogP) is 4.11. The summed E-state index contributed by atoms with van der Waals surface area (Å²) in [4.78, 5) is 27.6. The first-order chi connectivity index (χ1) is 14.3. The number of fused-ring (bicyclic) bond motifs is 1. The van der Waals surface area contributed by atoms with Crippen molar-refractivity contribution < 1.29 is 4.79 Å². The van der Waals surface area contributed by atoms with Crippen LogP contribution < -0.4 is 10.9 Å². The van der Waals surface area contributed by atoms with Gasteiger partial charge in [0.1, 0.15) is 10.5 Å². The van der Waals surface area contributed by atoms with Crippen LogP contribution >= 0.6 is 11.3 Å². The number of anilines is 1. The summed E-state index contributed by atoms with van der Waals surface area (Å²) in [7, 11) is 1.81. The van der Waals surface area contributed by atoms with Crippen molar-refractivity contribution in [1.29, 1.82) is 0 Å². The number of carbonyl (C=O) groups excluding carboxylic acids is 1. The second-order valence-corrected chi connectivity index (χ2v) is 8.91. The Bertz CT molecular complexity index is 1290. The van der Waals surface area contributed by atoms with Crippen LogP contribution in [-0.4, -0.2) is 25.1 Å². The molecule has 0 aliphatic heterocycles. The largest absolute Gasteiger partial charge is 0.315 e. The highest BCUT2D eigenvalue weighted by atomic mass is 32.1. The number of thiophene rings is 1. The SMILES string of the molecule is Cc1nn(CC(C)C)c2sc(C(=O)Nc3c(C)n(C)n(-c4ccccc4)c3=O)cc12. The molecule has 0 saturated heterocycles. The highest BCUT2D eigenvalue weighted by Crippen LogP contribution is 2.29. The predicted molar refractivity (Wildman–Crippen MR) is 121 cm³/mol. The molecule has 0 saturated carbocycles. The Morgan fingerprint density at radius 2 is 1.90 bits per heavy atom. The van der Waals surface area contributed by atoms with Crippen molar-refractivity contribution in [3.8, 4) is 5.69 Å². The van der Waals surface area contributed by atoms with Crippen LogP contribution in [0.25, 0.3) is 15.9 Å². The molecule has 1 amide bonds. The zero-order valence-corrected chi connectivity index (χ0v) is 18.6. The van der Waals surface area contributed by atoms with E-state index in [4.69, 9.17) is 0 Å². The molecule has 3 aromatic heterocycles. The molecule has 0 bridgehead atoms. The zero-order valence-electron chi connectivity index (χ0n) is 17.8. The molecule has 3 heterocycles. The Morgan fingerprint density at radius 3 is 2.57 bits per heavy atom. The highest BCUT2D eigenvalue weighted by molar-refractivity contribution is 7.20. The summed E-state index contributed by atoms with van der Waals surface area (Å²) in [5, 5.41) is 8.42. The highest BCUT2D eigenvalue weighted by Gasteiger charge is 2.21. The van der Waals surface area contributed by atoms with Crippen molar-refractivity contribution >= 4 is 33.1 Å². The van der Waals surface area contributed by atoms with Gasteiger partial charge in [0.25, 0.3) is 11.5 Å². The van der Waals surface area contributed by atoms with Gasteiger partial charge < -0.3 is 5.32 Å². The van der Waals surface area contributed by atoms with Crippen LogP contribution in [0.3, 0.4) is 0 Å². The van der Waals surface area contributed by atoms with E-state index in [1.54, 1.807) is 9.36 Å². The van der Waals surface area contributed by atoms with Crippen LogP contribution in [0.15, 0.2) is 41.2 Å². The van der Waals surface area contributed by atoms with Crippen molar-refractivity contribution in [2.24, 2.45) is 13.0 Å². The van der Waals surface area contributed by atoms with Crippen molar-refractivity contribution in [3.63, 3.8) is 0 Å². The first kappa shape index (κ1) is 20.2. The third-order valence-corrected chi connectivity index (χ3v) is 6.31. The lowest BCUT2D eigenvalue weighted by molar-refractivity contribution is 0.103. The third-order valence-electron chi connectivity index (χ3n) is 5.16. The Hall–Kier alpha value is -3.13. The number of aryl methyl sites for hydroxylation is 1. The van der Waals surface area contributed by atoms with Gasteiger partial charge in [-0.1, -0.05) is 32.0 Å². The van der Waals surface area contributed by atoms with Gasteiger partial charge in [-0.15, -0.1) is 11.3 Å². The number of para-hydroxylation sites is 1. The van der Waals surface area contributed by atoms with E-state index >= 15 is 0 Å². The van der Waals surface area contributed by atoms with E-state index < -0.39 is 0 Å². The molecule has 7 nitrogen and oxygen atoms in total. The van der Waals surface area contributed by atoms with Gasteiger partial charge in [0, 0.05) is 19.0 Å². The lowest BCUT2D eigenvalue weighted by Gasteiger charge is -2.07. The number of amides is 1. The fraction of sp³-hybridized carbons (Fsp3) is 0.318. The summed E-state index contributed by atoms with van der Waals surface area (Å²) >= 11 is 1.41. The quantitative estimate of drug-likeness (QED) is 0.525. The average Bonchev–Trinajstić information content (AvgIpc) is 3.32. The molecule has 4 aromatic rings. The normalized spacial score (nSPS) is 11.5. The average molecular weight is 424 g/mol. The van der Waals surface area contributed by atoms with E-state index in [0.29, 0.717) is 22.2 Å². The molecule has 0 spiro atoms. The van der Waals surface area contributed by atoms with E-state index in [2.05, 4.69) is 24.3 Å². The lowest BCUT2D eigenvalue weighted by atomic mass is 10.2. The summed E-state index contributed by atoms with van der Waals surface area (Å²) in [6.07, 6.45) is 0. The lowest BCUT2D eigenvalue weighted by Crippen LogP contribution is -2.22. The van der Waals surface area contributed by atoms with Crippen LogP contribution in [0.4, 0.5) is 5.69 Å². The van der Waals surface area contributed by atoms with Crippen molar-refractivity contribution in [1.82, 2.24) is 19.1 Å². The van der Waals surface area contributed by atoms with Crippen LogP contribution in [0.2, 0.25) is 0 Å². The maximum atomic E-state index is 13.0.